The van der Waals surface area contributed by atoms with Crippen LogP contribution in [0, 0.1) is 0 Å². The van der Waals surface area contributed by atoms with E-state index in [1.54, 1.807) is 0 Å². The molecular weight excluding hydrogens is 246 g/mol. The van der Waals surface area contributed by atoms with E-state index in [1.165, 1.54) is 5.56 Å². The summed E-state index contributed by atoms with van der Waals surface area (Å²) < 4.78 is 1.83. The first-order chi connectivity index (χ1) is 8.72. The van der Waals surface area contributed by atoms with Gasteiger partial charge in [-0.1, -0.05) is 36.7 Å². The van der Waals surface area contributed by atoms with Crippen molar-refractivity contribution in [1.82, 2.24) is 15.1 Å². The third-order valence-electron chi connectivity index (χ3n) is 2.78. The molecule has 18 heavy (non-hydrogen) atoms. The molecule has 0 aliphatic carbocycles. The van der Waals surface area contributed by atoms with E-state index in [9.17, 15) is 0 Å². The molecule has 1 heterocycles. The van der Waals surface area contributed by atoms with Gasteiger partial charge in [0.1, 0.15) is 0 Å². The number of aromatic nitrogens is 2. The van der Waals surface area contributed by atoms with E-state index in [0.29, 0.717) is 0 Å². The Balaban J connectivity index is 2.30. The van der Waals surface area contributed by atoms with Gasteiger partial charge in [-0.05, 0) is 19.0 Å². The molecule has 0 amide bonds. The van der Waals surface area contributed by atoms with E-state index in [1.807, 2.05) is 42.2 Å². The smallest absolute Gasteiger partial charge is 0.0982 e. The van der Waals surface area contributed by atoms with Crippen molar-refractivity contribution < 1.29 is 0 Å². The number of aryl methyl sites for hydroxylation is 1. The second-order valence-electron chi connectivity index (χ2n) is 4.33. The van der Waals surface area contributed by atoms with Gasteiger partial charge in [-0.15, -0.1) is 0 Å². The number of hydrogen-bond donors (Lipinski definition) is 1. The van der Waals surface area contributed by atoms with Crippen LogP contribution in [0.4, 0.5) is 0 Å². The highest BCUT2D eigenvalue weighted by molar-refractivity contribution is 6.33. The van der Waals surface area contributed by atoms with Crippen LogP contribution >= 0.6 is 11.6 Å². The fourth-order valence-electron chi connectivity index (χ4n) is 1.95. The number of nitrogens with one attached hydrogen (secondary N) is 1. The summed E-state index contributed by atoms with van der Waals surface area (Å²) in [4.78, 5) is 0. The molecule has 1 aromatic carbocycles. The van der Waals surface area contributed by atoms with Gasteiger partial charge in [0.25, 0.3) is 0 Å². The Morgan fingerprint density at radius 2 is 2.11 bits per heavy atom. The Hall–Kier alpha value is -1.32. The van der Waals surface area contributed by atoms with E-state index >= 15 is 0 Å². The minimum absolute atomic E-state index is 0.743. The van der Waals surface area contributed by atoms with Crippen LogP contribution in [0.1, 0.15) is 18.9 Å². The van der Waals surface area contributed by atoms with E-state index in [4.69, 9.17) is 11.6 Å². The number of nitrogens with zero attached hydrogens (tertiary/aromatic N) is 2. The molecule has 4 heteroatoms. The molecule has 96 valence electrons. The van der Waals surface area contributed by atoms with E-state index < -0.39 is 0 Å². The quantitative estimate of drug-likeness (QED) is 0.840. The molecule has 2 rings (SSSR count). The predicted molar refractivity (Wildman–Crippen MR) is 75.7 cm³/mol. The lowest BCUT2D eigenvalue weighted by Gasteiger charge is -2.05. The Labute approximate surface area is 113 Å². The third-order valence-corrected chi connectivity index (χ3v) is 3.11. The van der Waals surface area contributed by atoms with Crippen LogP contribution in [-0.4, -0.2) is 16.3 Å². The van der Waals surface area contributed by atoms with Crippen molar-refractivity contribution in [1.29, 1.82) is 0 Å². The van der Waals surface area contributed by atoms with E-state index in [2.05, 4.69) is 17.3 Å². The van der Waals surface area contributed by atoms with Crippen molar-refractivity contribution in [3.63, 3.8) is 0 Å². The molecule has 0 aliphatic rings. The summed E-state index contributed by atoms with van der Waals surface area (Å²) in [5, 5.41) is 8.65. The molecule has 1 aromatic heterocycles. The van der Waals surface area contributed by atoms with Gasteiger partial charge in [-0.25, -0.2) is 0 Å². The van der Waals surface area contributed by atoms with Gasteiger partial charge < -0.3 is 5.32 Å². The average Bonchev–Trinajstić information content (AvgIpc) is 2.71. The lowest BCUT2D eigenvalue weighted by Crippen LogP contribution is -2.13. The number of halogens is 1. The summed E-state index contributed by atoms with van der Waals surface area (Å²) in [5.74, 6) is 0. The summed E-state index contributed by atoms with van der Waals surface area (Å²) in [7, 11) is 1.93. The topological polar surface area (TPSA) is 29.9 Å². The highest BCUT2D eigenvalue weighted by Gasteiger charge is 2.12. The minimum Gasteiger partial charge on any atom is -0.313 e. The van der Waals surface area contributed by atoms with Crippen LogP contribution in [-0.2, 0) is 13.6 Å². The van der Waals surface area contributed by atoms with Crippen molar-refractivity contribution in [2.45, 2.75) is 19.9 Å². The first-order valence-corrected chi connectivity index (χ1v) is 6.58. The average molecular weight is 264 g/mol. The lowest BCUT2D eigenvalue weighted by atomic mass is 10.1. The van der Waals surface area contributed by atoms with Gasteiger partial charge in [0.2, 0.25) is 0 Å². The molecule has 1 N–H and O–H groups in total. The van der Waals surface area contributed by atoms with Gasteiger partial charge in [0, 0.05) is 30.9 Å². The Morgan fingerprint density at radius 1 is 1.33 bits per heavy atom. The van der Waals surface area contributed by atoms with Crippen molar-refractivity contribution in [3.8, 4) is 11.3 Å². The second kappa shape index (κ2) is 6.03. The highest BCUT2D eigenvalue weighted by Crippen LogP contribution is 2.28. The van der Waals surface area contributed by atoms with Crippen LogP contribution in [0.3, 0.4) is 0 Å². The standard InChI is InChI=1S/C14H18ClN3/c1-3-8-16-9-11-10-18(2)17-14(11)12-6-4-5-7-13(12)15/h4-7,10,16H,3,8-9H2,1-2H3. The van der Waals surface area contributed by atoms with Crippen molar-refractivity contribution in [3.05, 3.63) is 41.0 Å². The fraction of sp³-hybridized carbons (Fsp3) is 0.357. The molecule has 0 unspecified atom stereocenters. The molecule has 3 nitrogen and oxygen atoms in total. The number of hydrogen-bond acceptors (Lipinski definition) is 2. The number of benzene rings is 1. The largest absolute Gasteiger partial charge is 0.313 e. The molecule has 0 fully saturated rings. The molecule has 0 aliphatic heterocycles. The zero-order chi connectivity index (χ0) is 13.0. The Bertz CT molecular complexity index is 520. The maximum atomic E-state index is 6.23. The van der Waals surface area contributed by atoms with E-state index in [0.717, 1.165) is 35.8 Å². The van der Waals surface area contributed by atoms with Crippen LogP contribution < -0.4 is 5.32 Å². The summed E-state index contributed by atoms with van der Waals surface area (Å²) in [6.45, 7) is 3.99. The number of rotatable bonds is 5. The molecule has 0 saturated carbocycles. The van der Waals surface area contributed by atoms with Gasteiger partial charge in [-0.3, -0.25) is 4.68 Å². The summed E-state index contributed by atoms with van der Waals surface area (Å²) >= 11 is 6.23. The highest BCUT2D eigenvalue weighted by atomic mass is 35.5. The zero-order valence-electron chi connectivity index (χ0n) is 10.8. The minimum atomic E-state index is 0.743. The maximum Gasteiger partial charge on any atom is 0.0982 e. The van der Waals surface area contributed by atoms with Crippen molar-refractivity contribution in [2.24, 2.45) is 7.05 Å². The zero-order valence-corrected chi connectivity index (χ0v) is 11.5. The summed E-state index contributed by atoms with van der Waals surface area (Å²) in [5.41, 5.74) is 3.14. The summed E-state index contributed by atoms with van der Waals surface area (Å²) in [6.07, 6.45) is 3.17. The van der Waals surface area contributed by atoms with Crippen LogP contribution in [0.15, 0.2) is 30.5 Å². The van der Waals surface area contributed by atoms with Crippen LogP contribution in [0.25, 0.3) is 11.3 Å². The lowest BCUT2D eigenvalue weighted by molar-refractivity contribution is 0.675. The van der Waals surface area contributed by atoms with Gasteiger partial charge >= 0.3 is 0 Å². The Morgan fingerprint density at radius 3 is 2.83 bits per heavy atom. The first-order valence-electron chi connectivity index (χ1n) is 6.20. The van der Waals surface area contributed by atoms with Gasteiger partial charge in [0.15, 0.2) is 0 Å². The molecule has 0 radical (unpaired) electrons. The normalized spacial score (nSPS) is 10.8. The fourth-order valence-corrected chi connectivity index (χ4v) is 2.17. The molecular formula is C14H18ClN3. The molecule has 0 atom stereocenters. The molecule has 2 aromatic rings. The van der Waals surface area contributed by atoms with Crippen molar-refractivity contribution in [2.75, 3.05) is 6.54 Å². The molecule has 0 spiro atoms. The first kappa shape index (κ1) is 13.1. The molecule has 0 saturated heterocycles. The van der Waals surface area contributed by atoms with Gasteiger partial charge in [-0.2, -0.15) is 5.10 Å². The second-order valence-corrected chi connectivity index (χ2v) is 4.74. The predicted octanol–water partition coefficient (Wildman–Crippen LogP) is 3.24. The van der Waals surface area contributed by atoms with Crippen molar-refractivity contribution >= 4 is 11.6 Å². The Kier molecular flexibility index (Phi) is 4.39. The van der Waals surface area contributed by atoms with E-state index in [-0.39, 0.29) is 0 Å². The molecule has 0 bridgehead atoms. The SMILES string of the molecule is CCCNCc1cn(C)nc1-c1ccccc1Cl. The third kappa shape index (κ3) is 2.92. The van der Waals surface area contributed by atoms with Crippen LogP contribution in [0.5, 0.6) is 0 Å². The summed E-state index contributed by atoms with van der Waals surface area (Å²) in [6, 6.07) is 7.83. The maximum absolute atomic E-state index is 6.23. The monoisotopic (exact) mass is 263 g/mol. The van der Waals surface area contributed by atoms with Crippen LogP contribution in [0.2, 0.25) is 5.02 Å². The van der Waals surface area contributed by atoms with Gasteiger partial charge in [0.05, 0.1) is 10.7 Å².